The van der Waals surface area contributed by atoms with Gasteiger partial charge in [0.05, 0.1) is 15.5 Å². The molecule has 2 rings (SSSR count). The molecule has 0 heterocycles. The number of nitrogens with two attached hydrogens (primary N) is 1. The van der Waals surface area contributed by atoms with Crippen molar-refractivity contribution in [1.29, 1.82) is 0 Å². The molecule has 0 aliphatic rings. The summed E-state index contributed by atoms with van der Waals surface area (Å²) in [6, 6.07) is 10.8. The van der Waals surface area contributed by atoms with Gasteiger partial charge in [0, 0.05) is 20.3 Å². The molecular formula is C15H16Br2Cl2N2S. The van der Waals surface area contributed by atoms with E-state index < -0.39 is 0 Å². The lowest BCUT2D eigenvalue weighted by molar-refractivity contribution is 1.50. The number of hydrogen-bond acceptors (Lipinski definition) is 2. The summed E-state index contributed by atoms with van der Waals surface area (Å²) in [5, 5.41) is 4.26. The number of nitrogens with one attached hydrogen (secondary N) is 1. The smallest absolute Gasteiger partial charge is 0.0658 e. The molecule has 2 nitrogen and oxygen atoms in total. The van der Waals surface area contributed by atoms with Crippen LogP contribution in [0.4, 0.5) is 11.4 Å². The zero-order valence-corrected chi connectivity index (χ0v) is 17.5. The van der Waals surface area contributed by atoms with Crippen LogP contribution in [0.3, 0.4) is 0 Å². The zero-order valence-electron chi connectivity index (χ0n) is 12.0. The van der Waals surface area contributed by atoms with Crippen LogP contribution in [0.15, 0.2) is 45.3 Å². The van der Waals surface area contributed by atoms with Gasteiger partial charge in [-0.2, -0.15) is 0 Å². The van der Waals surface area contributed by atoms with Gasteiger partial charge in [0.1, 0.15) is 0 Å². The van der Waals surface area contributed by atoms with E-state index in [2.05, 4.69) is 49.4 Å². The van der Waals surface area contributed by atoms with E-state index in [1.165, 1.54) is 5.49 Å². The van der Waals surface area contributed by atoms with Gasteiger partial charge in [0.25, 0.3) is 0 Å². The van der Waals surface area contributed by atoms with Crippen molar-refractivity contribution in [3.8, 4) is 0 Å². The summed E-state index contributed by atoms with van der Waals surface area (Å²) in [4.78, 5) is 0. The molecular weight excluding hydrogens is 471 g/mol. The highest BCUT2D eigenvalue weighted by Gasteiger charge is 1.96. The largest absolute Gasteiger partial charge is 0.399 e. The molecule has 0 saturated carbocycles. The fourth-order valence-electron chi connectivity index (χ4n) is 1.17. The van der Waals surface area contributed by atoms with Crippen molar-refractivity contribution in [3.63, 3.8) is 0 Å². The molecule has 2 aromatic rings. The van der Waals surface area contributed by atoms with Gasteiger partial charge >= 0.3 is 0 Å². The topological polar surface area (TPSA) is 38.0 Å². The van der Waals surface area contributed by atoms with E-state index in [-0.39, 0.29) is 0 Å². The summed E-state index contributed by atoms with van der Waals surface area (Å²) < 4.78 is 1.70. The lowest BCUT2D eigenvalue weighted by Gasteiger charge is -2.00. The number of nitrogen functional groups attached to an aromatic ring is 1. The number of hydrogen-bond donors (Lipinski definition) is 2. The molecule has 0 aliphatic heterocycles. The van der Waals surface area contributed by atoms with Crippen molar-refractivity contribution in [2.24, 2.45) is 0 Å². The van der Waals surface area contributed by atoms with Crippen LogP contribution < -0.4 is 11.1 Å². The van der Waals surface area contributed by atoms with Crippen molar-refractivity contribution >= 4 is 84.1 Å². The van der Waals surface area contributed by atoms with Crippen molar-refractivity contribution in [2.75, 3.05) is 11.1 Å². The molecule has 7 heteroatoms. The molecule has 0 unspecified atom stereocenters. The summed E-state index contributed by atoms with van der Waals surface area (Å²) >= 11 is 22.6. The van der Waals surface area contributed by atoms with E-state index >= 15 is 0 Å². The van der Waals surface area contributed by atoms with Gasteiger partial charge in [0.2, 0.25) is 0 Å². The Morgan fingerprint density at radius 2 is 1.50 bits per heavy atom. The van der Waals surface area contributed by atoms with Crippen molar-refractivity contribution in [1.82, 2.24) is 0 Å². The third-order valence-corrected chi connectivity index (χ3v) is 4.63. The van der Waals surface area contributed by atoms with Crippen LogP contribution in [0.2, 0.25) is 10.0 Å². The fourth-order valence-corrected chi connectivity index (χ4v) is 2.31. The quantitative estimate of drug-likeness (QED) is 0.348. The lowest BCUT2D eigenvalue weighted by Crippen LogP contribution is -1.90. The third-order valence-electron chi connectivity index (χ3n) is 2.09. The van der Waals surface area contributed by atoms with Gasteiger partial charge in [-0.15, -0.1) is 0 Å². The standard InChI is InChI=1S/C7H5BrClNS.C6H5BrClN.C2H6/c8-6-3-5(10-4-11)1-2-7(6)9;7-5-3-4(9)1-2-6(5)8;1-2/h1-4H,(H,10,11);1-3H,9H2;1-2H3. The van der Waals surface area contributed by atoms with Gasteiger partial charge in [-0.25, -0.2) is 0 Å². The van der Waals surface area contributed by atoms with Crippen LogP contribution in [0.1, 0.15) is 13.8 Å². The van der Waals surface area contributed by atoms with E-state index in [4.69, 9.17) is 28.9 Å². The Bertz CT molecular complexity index is 610. The van der Waals surface area contributed by atoms with E-state index in [0.717, 1.165) is 14.6 Å². The number of anilines is 2. The first-order valence-electron chi connectivity index (χ1n) is 6.30. The molecule has 120 valence electrons. The van der Waals surface area contributed by atoms with Gasteiger partial charge in [-0.1, -0.05) is 49.3 Å². The first-order chi connectivity index (χ1) is 10.4. The summed E-state index contributed by atoms with van der Waals surface area (Å²) in [5.74, 6) is 0. The Balaban J connectivity index is 0.000000366. The van der Waals surface area contributed by atoms with Gasteiger partial charge in [-0.05, 0) is 68.3 Å². The molecule has 0 fully saturated rings. The molecule has 2 aromatic carbocycles. The normalized spacial score (nSPS) is 8.82. The molecule has 0 aromatic heterocycles. The van der Waals surface area contributed by atoms with Gasteiger partial charge < -0.3 is 11.1 Å². The monoisotopic (exact) mass is 484 g/mol. The number of benzene rings is 2. The summed E-state index contributed by atoms with van der Waals surface area (Å²) in [7, 11) is 0. The summed E-state index contributed by atoms with van der Waals surface area (Å²) in [6.07, 6.45) is 0. The van der Waals surface area contributed by atoms with Crippen LogP contribution in [-0.4, -0.2) is 5.49 Å². The average Bonchev–Trinajstić information content (AvgIpc) is 2.50. The Hall–Kier alpha value is -0.330. The zero-order chi connectivity index (χ0) is 17.1. The Morgan fingerprint density at radius 1 is 1.00 bits per heavy atom. The first kappa shape index (κ1) is 21.7. The van der Waals surface area contributed by atoms with E-state index in [1.807, 2.05) is 26.0 Å². The van der Waals surface area contributed by atoms with E-state index in [1.54, 1.807) is 24.3 Å². The highest BCUT2D eigenvalue weighted by molar-refractivity contribution is 9.10. The number of rotatable bonds is 2. The maximum absolute atomic E-state index is 5.77. The maximum Gasteiger partial charge on any atom is 0.0658 e. The highest BCUT2D eigenvalue weighted by atomic mass is 79.9. The molecule has 0 spiro atoms. The summed E-state index contributed by atoms with van der Waals surface area (Å²) in [5.41, 5.74) is 8.53. The molecule has 0 aliphatic carbocycles. The Kier molecular flexibility index (Phi) is 12.0. The molecule has 0 radical (unpaired) electrons. The minimum atomic E-state index is 0.684. The minimum absolute atomic E-state index is 0.684. The lowest BCUT2D eigenvalue weighted by atomic mass is 10.3. The van der Waals surface area contributed by atoms with E-state index in [9.17, 15) is 0 Å². The second-order valence-corrected chi connectivity index (χ2v) is 6.32. The predicted octanol–water partition coefficient (Wildman–Crippen LogP) is 7.18. The molecule has 3 N–H and O–H groups in total. The SMILES string of the molecule is CC.Nc1ccc(Cl)c(Br)c1.S=CNc1ccc(Cl)c(Br)c1. The molecule has 0 atom stereocenters. The second-order valence-electron chi connectivity index (χ2n) is 3.56. The number of thiocarbonyl (C=S) groups is 1. The second kappa shape index (κ2) is 12.1. The van der Waals surface area contributed by atoms with Crippen molar-refractivity contribution in [2.45, 2.75) is 13.8 Å². The van der Waals surface area contributed by atoms with Crippen LogP contribution in [0, 0.1) is 0 Å². The summed E-state index contributed by atoms with van der Waals surface area (Å²) in [6.45, 7) is 4.00. The van der Waals surface area contributed by atoms with Crippen LogP contribution in [-0.2, 0) is 0 Å². The molecule has 0 amide bonds. The highest BCUT2D eigenvalue weighted by Crippen LogP contribution is 2.25. The van der Waals surface area contributed by atoms with Crippen LogP contribution in [0.25, 0.3) is 0 Å². The van der Waals surface area contributed by atoms with Gasteiger partial charge in [-0.3, -0.25) is 0 Å². The van der Waals surface area contributed by atoms with Gasteiger partial charge in [0.15, 0.2) is 0 Å². The Labute approximate surface area is 163 Å². The van der Waals surface area contributed by atoms with Crippen molar-refractivity contribution in [3.05, 3.63) is 55.4 Å². The Morgan fingerprint density at radius 3 is 1.91 bits per heavy atom. The molecule has 0 bridgehead atoms. The van der Waals surface area contributed by atoms with E-state index in [0.29, 0.717) is 15.7 Å². The first-order valence-corrected chi connectivity index (χ1v) is 9.11. The molecule has 22 heavy (non-hydrogen) atoms. The predicted molar refractivity (Wildman–Crippen MR) is 111 cm³/mol. The minimum Gasteiger partial charge on any atom is -0.399 e. The maximum atomic E-state index is 5.77. The van der Waals surface area contributed by atoms with Crippen LogP contribution >= 0.6 is 67.3 Å². The molecule has 0 saturated heterocycles. The third kappa shape index (κ3) is 8.34. The van der Waals surface area contributed by atoms with Crippen molar-refractivity contribution < 1.29 is 0 Å². The average molecular weight is 487 g/mol. The number of halogens is 4. The van der Waals surface area contributed by atoms with Crippen LogP contribution in [0.5, 0.6) is 0 Å². The fraction of sp³-hybridized carbons (Fsp3) is 0.133.